The van der Waals surface area contributed by atoms with Gasteiger partial charge in [-0.05, 0) is 45.3 Å². The zero-order valence-electron chi connectivity index (χ0n) is 12.3. The molecule has 0 unspecified atom stereocenters. The summed E-state index contributed by atoms with van der Waals surface area (Å²) in [4.78, 5) is 14.0. The van der Waals surface area contributed by atoms with Gasteiger partial charge in [-0.2, -0.15) is 0 Å². The lowest BCUT2D eigenvalue weighted by Crippen LogP contribution is -2.27. The largest absolute Gasteiger partial charge is 0.352 e. The number of rotatable bonds is 7. The predicted molar refractivity (Wildman–Crippen MR) is 85.4 cm³/mol. The summed E-state index contributed by atoms with van der Waals surface area (Å²) >= 11 is 5.97. The van der Waals surface area contributed by atoms with Gasteiger partial charge in [0.1, 0.15) is 0 Å². The summed E-state index contributed by atoms with van der Waals surface area (Å²) in [5.41, 5.74) is 0.646. The maximum Gasteiger partial charge on any atom is 0.251 e. The van der Waals surface area contributed by atoms with Gasteiger partial charge in [-0.15, -0.1) is 0 Å². The number of amides is 1. The maximum absolute atomic E-state index is 11.9. The van der Waals surface area contributed by atoms with Crippen LogP contribution in [0.15, 0.2) is 18.2 Å². The molecule has 21 heavy (non-hydrogen) atoms. The Morgan fingerprint density at radius 1 is 1.33 bits per heavy atom. The van der Waals surface area contributed by atoms with Gasteiger partial charge in [0.25, 0.3) is 5.91 Å². The number of hydrogen-bond donors (Lipinski definition) is 2. The molecule has 6 nitrogen and oxygen atoms in total. The van der Waals surface area contributed by atoms with Gasteiger partial charge in [0.2, 0.25) is 10.0 Å². The number of sulfonamides is 1. The van der Waals surface area contributed by atoms with Gasteiger partial charge in [-0.25, -0.2) is 8.42 Å². The third-order valence-corrected chi connectivity index (χ3v) is 3.50. The van der Waals surface area contributed by atoms with E-state index in [9.17, 15) is 13.2 Å². The van der Waals surface area contributed by atoms with Crippen LogP contribution < -0.4 is 10.0 Å². The topological polar surface area (TPSA) is 78.5 Å². The van der Waals surface area contributed by atoms with Crippen molar-refractivity contribution in [2.45, 2.75) is 6.42 Å². The maximum atomic E-state index is 11.9. The summed E-state index contributed by atoms with van der Waals surface area (Å²) < 4.78 is 24.6. The number of nitrogens with zero attached hydrogens (tertiary/aromatic N) is 1. The Kier molecular flexibility index (Phi) is 6.44. The molecule has 118 valence electrons. The third kappa shape index (κ3) is 6.79. The summed E-state index contributed by atoms with van der Waals surface area (Å²) in [6.45, 7) is 1.45. The summed E-state index contributed by atoms with van der Waals surface area (Å²) in [7, 11) is 0.537. The molecular weight excluding hydrogens is 314 g/mol. The van der Waals surface area contributed by atoms with Crippen LogP contribution in [0.4, 0.5) is 5.69 Å². The van der Waals surface area contributed by atoms with Crippen molar-refractivity contribution in [2.24, 2.45) is 0 Å². The van der Waals surface area contributed by atoms with Crippen LogP contribution in [0.5, 0.6) is 0 Å². The molecule has 0 atom stereocenters. The Morgan fingerprint density at radius 3 is 2.52 bits per heavy atom. The van der Waals surface area contributed by atoms with E-state index in [0.29, 0.717) is 12.1 Å². The molecule has 0 radical (unpaired) electrons. The zero-order chi connectivity index (χ0) is 16.0. The Hall–Kier alpha value is -1.31. The standard InChI is InChI=1S/C13H20ClN3O3S/c1-17(2)8-4-7-15-13(18)10-5-6-12(11(14)9-10)16-21(3,19)20/h5-6,9,16H,4,7-8H2,1-3H3,(H,15,18). The lowest BCUT2D eigenvalue weighted by atomic mass is 10.2. The van der Waals surface area contributed by atoms with E-state index >= 15 is 0 Å². The number of carbonyl (C=O) groups excluding carboxylic acids is 1. The first kappa shape index (κ1) is 17.7. The average Bonchev–Trinajstić information content (AvgIpc) is 2.35. The van der Waals surface area contributed by atoms with Gasteiger partial charge >= 0.3 is 0 Å². The van der Waals surface area contributed by atoms with Gasteiger partial charge < -0.3 is 10.2 Å². The second-order valence-electron chi connectivity index (χ2n) is 4.98. The molecule has 1 amide bonds. The van der Waals surface area contributed by atoms with Gasteiger partial charge in [-0.3, -0.25) is 9.52 Å². The number of benzene rings is 1. The summed E-state index contributed by atoms with van der Waals surface area (Å²) in [5.74, 6) is -0.235. The molecule has 1 rings (SSSR count). The van der Waals surface area contributed by atoms with Crippen LogP contribution in [0.3, 0.4) is 0 Å². The van der Waals surface area contributed by atoms with Crippen molar-refractivity contribution in [2.75, 3.05) is 38.2 Å². The number of carbonyl (C=O) groups is 1. The lowest BCUT2D eigenvalue weighted by molar-refractivity contribution is 0.0952. The Balaban J connectivity index is 2.64. The predicted octanol–water partition coefficient (Wildman–Crippen LogP) is 1.39. The first-order chi connectivity index (χ1) is 9.69. The fraction of sp³-hybridized carbons (Fsp3) is 0.462. The number of hydrogen-bond acceptors (Lipinski definition) is 4. The van der Waals surface area contributed by atoms with Gasteiger partial charge in [0.05, 0.1) is 17.0 Å². The zero-order valence-corrected chi connectivity index (χ0v) is 13.9. The molecule has 0 spiro atoms. The summed E-state index contributed by atoms with van der Waals surface area (Å²) in [5, 5.41) is 2.97. The van der Waals surface area contributed by atoms with E-state index in [1.54, 1.807) is 0 Å². The summed E-state index contributed by atoms with van der Waals surface area (Å²) in [6, 6.07) is 4.44. The first-order valence-electron chi connectivity index (χ1n) is 6.39. The molecule has 0 aliphatic heterocycles. The second kappa shape index (κ2) is 7.63. The van der Waals surface area contributed by atoms with E-state index in [0.717, 1.165) is 19.2 Å². The molecule has 1 aromatic rings. The van der Waals surface area contributed by atoms with Gasteiger partial charge in [-0.1, -0.05) is 11.6 Å². The lowest BCUT2D eigenvalue weighted by Gasteiger charge is -2.11. The minimum atomic E-state index is -3.40. The Morgan fingerprint density at radius 2 is 2.00 bits per heavy atom. The van der Waals surface area contributed by atoms with Crippen LogP contribution in [-0.4, -0.2) is 52.7 Å². The van der Waals surface area contributed by atoms with E-state index in [-0.39, 0.29) is 16.6 Å². The SMILES string of the molecule is CN(C)CCCNC(=O)c1ccc(NS(C)(=O)=O)c(Cl)c1. The van der Waals surface area contributed by atoms with Gasteiger partial charge in [0, 0.05) is 12.1 Å². The van der Waals surface area contributed by atoms with E-state index in [1.165, 1.54) is 18.2 Å². The average molecular weight is 334 g/mol. The van der Waals surface area contributed by atoms with Crippen molar-refractivity contribution >= 4 is 33.2 Å². The molecule has 1 aromatic carbocycles. The van der Waals surface area contributed by atoms with Crippen molar-refractivity contribution in [3.8, 4) is 0 Å². The van der Waals surface area contributed by atoms with Crippen molar-refractivity contribution in [1.82, 2.24) is 10.2 Å². The molecule has 2 N–H and O–H groups in total. The van der Waals surface area contributed by atoms with Crippen LogP contribution in [-0.2, 0) is 10.0 Å². The number of nitrogens with one attached hydrogen (secondary N) is 2. The minimum absolute atomic E-state index is 0.182. The molecule has 8 heteroatoms. The van der Waals surface area contributed by atoms with Gasteiger partial charge in [0.15, 0.2) is 0 Å². The molecule has 0 bridgehead atoms. The van der Waals surface area contributed by atoms with Crippen LogP contribution in [0.25, 0.3) is 0 Å². The highest BCUT2D eigenvalue weighted by molar-refractivity contribution is 7.92. The fourth-order valence-corrected chi connectivity index (χ4v) is 2.50. The van der Waals surface area contributed by atoms with Crippen LogP contribution in [0.2, 0.25) is 5.02 Å². The van der Waals surface area contributed by atoms with Crippen LogP contribution in [0.1, 0.15) is 16.8 Å². The summed E-state index contributed by atoms with van der Waals surface area (Å²) in [6.07, 6.45) is 1.88. The second-order valence-corrected chi connectivity index (χ2v) is 7.14. The van der Waals surface area contributed by atoms with Crippen molar-refractivity contribution < 1.29 is 13.2 Å². The Bertz CT molecular complexity index is 603. The normalized spacial score (nSPS) is 11.5. The quantitative estimate of drug-likeness (QED) is 0.739. The molecule has 0 heterocycles. The number of halogens is 1. The first-order valence-corrected chi connectivity index (χ1v) is 8.66. The van der Waals surface area contributed by atoms with Crippen LogP contribution >= 0.6 is 11.6 Å². The fourth-order valence-electron chi connectivity index (χ4n) is 1.64. The minimum Gasteiger partial charge on any atom is -0.352 e. The van der Waals surface area contributed by atoms with E-state index in [1.807, 2.05) is 19.0 Å². The smallest absolute Gasteiger partial charge is 0.251 e. The van der Waals surface area contributed by atoms with E-state index < -0.39 is 10.0 Å². The highest BCUT2D eigenvalue weighted by atomic mass is 35.5. The molecule has 0 fully saturated rings. The Labute approximate surface area is 130 Å². The van der Waals surface area contributed by atoms with E-state index in [4.69, 9.17) is 11.6 Å². The third-order valence-electron chi connectivity index (χ3n) is 2.59. The molecule has 0 aliphatic rings. The monoisotopic (exact) mass is 333 g/mol. The van der Waals surface area contributed by atoms with Crippen LogP contribution in [0, 0.1) is 0 Å². The van der Waals surface area contributed by atoms with E-state index in [2.05, 4.69) is 10.0 Å². The highest BCUT2D eigenvalue weighted by Crippen LogP contribution is 2.23. The molecular formula is C13H20ClN3O3S. The van der Waals surface area contributed by atoms with Crippen molar-refractivity contribution in [1.29, 1.82) is 0 Å². The molecule has 0 saturated carbocycles. The van der Waals surface area contributed by atoms with Crippen molar-refractivity contribution in [3.05, 3.63) is 28.8 Å². The highest BCUT2D eigenvalue weighted by Gasteiger charge is 2.10. The van der Waals surface area contributed by atoms with Crippen molar-refractivity contribution in [3.63, 3.8) is 0 Å². The number of anilines is 1. The molecule has 0 saturated heterocycles. The molecule has 0 aliphatic carbocycles. The molecule has 0 aromatic heterocycles.